The first-order valence-corrected chi connectivity index (χ1v) is 5.32. The van der Waals surface area contributed by atoms with Crippen molar-refractivity contribution in [1.29, 1.82) is 0 Å². The summed E-state index contributed by atoms with van der Waals surface area (Å²) in [5.74, 6) is 0. The van der Waals surface area contributed by atoms with Crippen molar-refractivity contribution in [3.63, 3.8) is 0 Å². The second kappa shape index (κ2) is 3.35. The Bertz CT molecular complexity index is 140. The zero-order valence-corrected chi connectivity index (χ0v) is 7.89. The van der Waals surface area contributed by atoms with Crippen molar-refractivity contribution in [3.8, 4) is 0 Å². The first-order chi connectivity index (χ1) is 5.87. The van der Waals surface area contributed by atoms with Crippen molar-refractivity contribution < 1.29 is 0 Å². The molecular weight excluding hydrogens is 148 g/mol. The van der Waals surface area contributed by atoms with E-state index in [1.807, 2.05) is 0 Å². The van der Waals surface area contributed by atoms with Crippen LogP contribution in [-0.4, -0.2) is 30.1 Å². The van der Waals surface area contributed by atoms with Crippen LogP contribution < -0.4 is 5.73 Å². The van der Waals surface area contributed by atoms with Crippen LogP contribution in [0.1, 0.15) is 38.5 Å². The highest BCUT2D eigenvalue weighted by Crippen LogP contribution is 2.38. The van der Waals surface area contributed by atoms with Gasteiger partial charge in [-0.1, -0.05) is 6.42 Å². The van der Waals surface area contributed by atoms with Crippen LogP contribution in [0.25, 0.3) is 0 Å². The minimum Gasteiger partial charge on any atom is -0.329 e. The maximum atomic E-state index is 5.86. The summed E-state index contributed by atoms with van der Waals surface area (Å²) in [5, 5.41) is 0. The smallest absolute Gasteiger partial charge is 0.0331 e. The van der Waals surface area contributed by atoms with E-state index in [0.717, 1.165) is 6.54 Å². The molecule has 0 atom stereocenters. The van der Waals surface area contributed by atoms with E-state index < -0.39 is 0 Å². The van der Waals surface area contributed by atoms with Crippen LogP contribution in [0.2, 0.25) is 0 Å². The van der Waals surface area contributed by atoms with E-state index in [0.29, 0.717) is 5.54 Å². The van der Waals surface area contributed by atoms with Crippen molar-refractivity contribution in [1.82, 2.24) is 4.90 Å². The molecule has 1 heterocycles. The van der Waals surface area contributed by atoms with Gasteiger partial charge in [-0.2, -0.15) is 0 Å². The fraction of sp³-hybridized carbons (Fsp3) is 1.00. The fourth-order valence-electron chi connectivity index (χ4n) is 2.60. The average molecular weight is 168 g/mol. The summed E-state index contributed by atoms with van der Waals surface area (Å²) in [6.45, 7) is 3.49. The highest BCUT2D eigenvalue weighted by atomic mass is 15.2. The summed E-state index contributed by atoms with van der Waals surface area (Å²) in [5.41, 5.74) is 6.30. The van der Waals surface area contributed by atoms with Crippen LogP contribution in [0.5, 0.6) is 0 Å². The van der Waals surface area contributed by atoms with E-state index in [9.17, 15) is 0 Å². The van der Waals surface area contributed by atoms with Gasteiger partial charge in [0.2, 0.25) is 0 Å². The molecule has 0 amide bonds. The third-order valence-electron chi connectivity index (χ3n) is 3.69. The quantitative estimate of drug-likeness (QED) is 0.674. The van der Waals surface area contributed by atoms with Crippen LogP contribution in [0.3, 0.4) is 0 Å². The van der Waals surface area contributed by atoms with Crippen LogP contribution in [-0.2, 0) is 0 Å². The Morgan fingerprint density at radius 1 is 1.00 bits per heavy atom. The Balaban J connectivity index is 1.95. The lowest BCUT2D eigenvalue weighted by molar-refractivity contribution is 0.00934. The summed E-state index contributed by atoms with van der Waals surface area (Å²) < 4.78 is 0. The molecule has 1 saturated carbocycles. The molecule has 1 aliphatic heterocycles. The van der Waals surface area contributed by atoms with E-state index in [-0.39, 0.29) is 0 Å². The summed E-state index contributed by atoms with van der Waals surface area (Å²) in [6.07, 6.45) is 8.31. The molecule has 2 fully saturated rings. The van der Waals surface area contributed by atoms with Gasteiger partial charge in [-0.15, -0.1) is 0 Å². The largest absolute Gasteiger partial charge is 0.329 e. The summed E-state index contributed by atoms with van der Waals surface area (Å²) in [6, 6.07) is 0. The molecule has 1 saturated heterocycles. The van der Waals surface area contributed by atoms with E-state index >= 15 is 0 Å². The molecular formula is C10H20N2. The molecule has 2 aliphatic rings. The topological polar surface area (TPSA) is 29.3 Å². The van der Waals surface area contributed by atoms with Gasteiger partial charge >= 0.3 is 0 Å². The standard InChI is InChI=1S/C10H20N2/c11-9-10(5-4-6-10)12-7-2-1-3-8-12/h1-9,11H2. The van der Waals surface area contributed by atoms with E-state index in [2.05, 4.69) is 4.90 Å². The molecule has 70 valence electrons. The molecule has 0 unspecified atom stereocenters. The van der Waals surface area contributed by atoms with Gasteiger partial charge in [0, 0.05) is 12.1 Å². The zero-order valence-electron chi connectivity index (χ0n) is 7.89. The first-order valence-electron chi connectivity index (χ1n) is 5.32. The highest BCUT2D eigenvalue weighted by molar-refractivity contribution is 4.99. The van der Waals surface area contributed by atoms with Crippen molar-refractivity contribution in [2.45, 2.75) is 44.1 Å². The highest BCUT2D eigenvalue weighted by Gasteiger charge is 2.41. The van der Waals surface area contributed by atoms with Crippen molar-refractivity contribution in [3.05, 3.63) is 0 Å². The molecule has 0 radical (unpaired) electrons. The zero-order chi connectivity index (χ0) is 8.44. The second-order valence-corrected chi connectivity index (χ2v) is 4.33. The maximum Gasteiger partial charge on any atom is 0.0331 e. The van der Waals surface area contributed by atoms with Crippen molar-refractivity contribution in [2.24, 2.45) is 5.73 Å². The molecule has 1 aliphatic carbocycles. The molecule has 0 bridgehead atoms. The Morgan fingerprint density at radius 3 is 2.08 bits per heavy atom. The van der Waals surface area contributed by atoms with E-state index in [1.165, 1.54) is 51.6 Å². The van der Waals surface area contributed by atoms with Crippen LogP contribution in [0.4, 0.5) is 0 Å². The van der Waals surface area contributed by atoms with Crippen LogP contribution in [0, 0.1) is 0 Å². The van der Waals surface area contributed by atoms with Gasteiger partial charge in [0.25, 0.3) is 0 Å². The number of nitrogens with zero attached hydrogens (tertiary/aromatic N) is 1. The minimum atomic E-state index is 0.445. The predicted molar refractivity (Wildman–Crippen MR) is 51.1 cm³/mol. The van der Waals surface area contributed by atoms with E-state index in [1.54, 1.807) is 0 Å². The Hall–Kier alpha value is -0.0800. The minimum absolute atomic E-state index is 0.445. The van der Waals surface area contributed by atoms with Crippen LogP contribution in [0.15, 0.2) is 0 Å². The van der Waals surface area contributed by atoms with Gasteiger partial charge in [0.1, 0.15) is 0 Å². The Labute approximate surface area is 75.1 Å². The molecule has 0 aromatic rings. The van der Waals surface area contributed by atoms with Gasteiger partial charge in [-0.25, -0.2) is 0 Å². The van der Waals surface area contributed by atoms with Gasteiger partial charge in [-0.05, 0) is 45.2 Å². The molecule has 2 rings (SSSR count). The van der Waals surface area contributed by atoms with Crippen molar-refractivity contribution >= 4 is 0 Å². The number of rotatable bonds is 2. The third kappa shape index (κ3) is 1.27. The Kier molecular flexibility index (Phi) is 2.37. The second-order valence-electron chi connectivity index (χ2n) is 4.33. The van der Waals surface area contributed by atoms with Gasteiger partial charge in [0.15, 0.2) is 0 Å². The maximum absolute atomic E-state index is 5.86. The third-order valence-corrected chi connectivity index (χ3v) is 3.69. The molecule has 12 heavy (non-hydrogen) atoms. The lowest BCUT2D eigenvalue weighted by Crippen LogP contribution is -2.59. The van der Waals surface area contributed by atoms with Crippen LogP contribution >= 0.6 is 0 Å². The molecule has 2 heteroatoms. The summed E-state index contributed by atoms with van der Waals surface area (Å²) in [7, 11) is 0. The SMILES string of the molecule is NCC1(N2CCCCC2)CCC1. The lowest BCUT2D eigenvalue weighted by atomic mass is 9.74. The normalized spacial score (nSPS) is 29.8. The summed E-state index contributed by atoms with van der Waals surface area (Å²) >= 11 is 0. The number of hydrogen-bond acceptors (Lipinski definition) is 2. The fourth-order valence-corrected chi connectivity index (χ4v) is 2.60. The van der Waals surface area contributed by atoms with Gasteiger partial charge in [0.05, 0.1) is 0 Å². The number of piperidine rings is 1. The Morgan fingerprint density at radius 2 is 1.67 bits per heavy atom. The molecule has 2 nitrogen and oxygen atoms in total. The first kappa shape index (κ1) is 8.52. The average Bonchev–Trinajstić information content (AvgIpc) is 2.05. The van der Waals surface area contributed by atoms with Crippen molar-refractivity contribution in [2.75, 3.05) is 19.6 Å². The number of hydrogen-bond donors (Lipinski definition) is 1. The lowest BCUT2D eigenvalue weighted by Gasteiger charge is -2.51. The van der Waals surface area contributed by atoms with Gasteiger partial charge < -0.3 is 5.73 Å². The molecule has 2 N–H and O–H groups in total. The monoisotopic (exact) mass is 168 g/mol. The molecule has 0 spiro atoms. The number of nitrogens with two attached hydrogens (primary N) is 1. The molecule has 0 aromatic carbocycles. The number of likely N-dealkylation sites (tertiary alicyclic amines) is 1. The van der Waals surface area contributed by atoms with Gasteiger partial charge in [-0.3, -0.25) is 4.90 Å². The predicted octanol–water partition coefficient (Wildman–Crippen LogP) is 1.35. The summed E-state index contributed by atoms with van der Waals surface area (Å²) in [4.78, 5) is 2.65. The van der Waals surface area contributed by atoms with E-state index in [4.69, 9.17) is 5.73 Å². The molecule has 0 aromatic heterocycles.